The maximum Gasteiger partial charge on any atom is 0.416 e. The molecule has 1 aliphatic heterocycles. The van der Waals surface area contributed by atoms with Crippen LogP contribution in [0.3, 0.4) is 0 Å². The van der Waals surface area contributed by atoms with Gasteiger partial charge in [-0.1, -0.05) is 0 Å². The Morgan fingerprint density at radius 1 is 1.68 bits per heavy atom. The average molecular weight is 266 g/mol. The van der Waals surface area contributed by atoms with E-state index in [1.807, 2.05) is 0 Å². The second-order valence-corrected chi connectivity index (χ2v) is 4.49. The molecule has 0 bridgehead atoms. The number of nitrogens with one attached hydrogen (secondary N) is 2. The second-order valence-electron chi connectivity index (χ2n) is 4.49. The number of imidazole rings is 1. The van der Waals surface area contributed by atoms with Crippen molar-refractivity contribution in [1.82, 2.24) is 20.2 Å². The lowest BCUT2D eigenvalue weighted by Crippen LogP contribution is -2.58. The third-order valence-electron chi connectivity index (χ3n) is 2.80. The van der Waals surface area contributed by atoms with Gasteiger partial charge in [0.25, 0.3) is 0 Å². The van der Waals surface area contributed by atoms with Crippen molar-refractivity contribution in [3.63, 3.8) is 0 Å². The quantitative estimate of drug-likeness (QED) is 0.626. The summed E-state index contributed by atoms with van der Waals surface area (Å²) in [5.74, 6) is -0.363. The summed E-state index contributed by atoms with van der Waals surface area (Å²) in [6.07, 6.45) is 2.14. The summed E-state index contributed by atoms with van der Waals surface area (Å²) >= 11 is 0. The molecule has 2 heterocycles. The SMILES string of the molecule is C[C@H](Cc1cn(C(=O)O)cn1)NC(=O)[C@@H]1CC(=O)N1. The zero-order chi connectivity index (χ0) is 14.0. The number of hydrogen-bond acceptors (Lipinski definition) is 4. The first-order valence-corrected chi connectivity index (χ1v) is 5.81. The molecule has 0 spiro atoms. The van der Waals surface area contributed by atoms with Crippen LogP contribution in [0.5, 0.6) is 0 Å². The summed E-state index contributed by atoms with van der Waals surface area (Å²) in [7, 11) is 0. The van der Waals surface area contributed by atoms with Gasteiger partial charge in [0.15, 0.2) is 0 Å². The average Bonchev–Trinajstić information content (AvgIpc) is 2.73. The Balaban J connectivity index is 1.83. The van der Waals surface area contributed by atoms with Crippen LogP contribution in [0.1, 0.15) is 19.0 Å². The molecule has 19 heavy (non-hydrogen) atoms. The van der Waals surface area contributed by atoms with E-state index in [0.29, 0.717) is 12.1 Å². The number of rotatable bonds is 4. The van der Waals surface area contributed by atoms with Crippen molar-refractivity contribution in [3.05, 3.63) is 18.2 Å². The standard InChI is InChI=1S/C11H14N4O4/c1-6(13-10(17)8-3-9(16)14-8)2-7-4-15(5-12-7)11(18)19/h4-6,8H,2-3H2,1H3,(H,13,17)(H,14,16)(H,18,19)/t6-,8+/m1/s1. The van der Waals surface area contributed by atoms with Gasteiger partial charge in [-0.3, -0.25) is 9.59 Å². The molecular formula is C11H14N4O4. The van der Waals surface area contributed by atoms with Crippen LogP contribution in [-0.4, -0.2) is 44.6 Å². The van der Waals surface area contributed by atoms with E-state index in [-0.39, 0.29) is 24.3 Å². The molecule has 1 aromatic rings. The van der Waals surface area contributed by atoms with Crippen LogP contribution in [-0.2, 0) is 16.0 Å². The van der Waals surface area contributed by atoms with E-state index in [9.17, 15) is 14.4 Å². The molecule has 2 amide bonds. The van der Waals surface area contributed by atoms with Crippen molar-refractivity contribution in [1.29, 1.82) is 0 Å². The minimum absolute atomic E-state index is 0.131. The summed E-state index contributed by atoms with van der Waals surface area (Å²) in [4.78, 5) is 36.9. The van der Waals surface area contributed by atoms with Crippen molar-refractivity contribution in [2.75, 3.05) is 0 Å². The summed E-state index contributed by atoms with van der Waals surface area (Å²) < 4.78 is 0.954. The largest absolute Gasteiger partial charge is 0.464 e. The fraction of sp³-hybridized carbons (Fsp3) is 0.455. The van der Waals surface area contributed by atoms with E-state index >= 15 is 0 Å². The van der Waals surface area contributed by atoms with Gasteiger partial charge >= 0.3 is 6.09 Å². The maximum atomic E-state index is 11.6. The molecule has 0 unspecified atom stereocenters. The summed E-state index contributed by atoms with van der Waals surface area (Å²) in [5, 5.41) is 13.9. The molecule has 1 fully saturated rings. The third kappa shape index (κ3) is 3.09. The predicted octanol–water partition coefficient (Wildman–Crippen LogP) is -0.655. The van der Waals surface area contributed by atoms with Gasteiger partial charge in [-0.25, -0.2) is 14.3 Å². The Morgan fingerprint density at radius 2 is 2.37 bits per heavy atom. The van der Waals surface area contributed by atoms with Crippen molar-refractivity contribution < 1.29 is 19.5 Å². The van der Waals surface area contributed by atoms with E-state index in [1.165, 1.54) is 12.5 Å². The summed E-state index contributed by atoms with van der Waals surface area (Å²) in [5.41, 5.74) is 0.577. The minimum Gasteiger partial charge on any atom is -0.464 e. The molecule has 2 atom stereocenters. The van der Waals surface area contributed by atoms with Crippen LogP contribution < -0.4 is 10.6 Å². The van der Waals surface area contributed by atoms with Gasteiger partial charge in [-0.2, -0.15) is 0 Å². The number of nitrogens with zero attached hydrogens (tertiary/aromatic N) is 2. The van der Waals surface area contributed by atoms with Crippen LogP contribution >= 0.6 is 0 Å². The highest BCUT2D eigenvalue weighted by Crippen LogP contribution is 2.06. The van der Waals surface area contributed by atoms with Crippen LogP contribution in [0.25, 0.3) is 0 Å². The molecule has 8 heteroatoms. The predicted molar refractivity (Wildman–Crippen MR) is 63.5 cm³/mol. The molecule has 0 aliphatic carbocycles. The number of carboxylic acid groups (broad SMARTS) is 1. The molecule has 8 nitrogen and oxygen atoms in total. The van der Waals surface area contributed by atoms with Crippen LogP contribution in [0.4, 0.5) is 4.79 Å². The minimum atomic E-state index is -1.10. The maximum absolute atomic E-state index is 11.6. The second kappa shape index (κ2) is 5.09. The van der Waals surface area contributed by atoms with E-state index in [1.54, 1.807) is 6.92 Å². The Kier molecular flexibility index (Phi) is 3.50. The van der Waals surface area contributed by atoms with Gasteiger partial charge in [-0.15, -0.1) is 0 Å². The number of amides is 2. The van der Waals surface area contributed by atoms with Gasteiger partial charge in [0.2, 0.25) is 11.8 Å². The number of hydrogen-bond donors (Lipinski definition) is 3. The third-order valence-corrected chi connectivity index (χ3v) is 2.80. The van der Waals surface area contributed by atoms with Crippen molar-refractivity contribution in [2.45, 2.75) is 31.8 Å². The first-order chi connectivity index (χ1) is 8.95. The summed E-state index contributed by atoms with van der Waals surface area (Å²) in [6.45, 7) is 1.79. The van der Waals surface area contributed by atoms with Crippen molar-refractivity contribution >= 4 is 17.9 Å². The first-order valence-electron chi connectivity index (χ1n) is 5.81. The van der Waals surface area contributed by atoms with Crippen LogP contribution in [0.15, 0.2) is 12.5 Å². The fourth-order valence-corrected chi connectivity index (χ4v) is 1.80. The molecule has 0 radical (unpaired) electrons. The number of aromatic nitrogens is 2. The van der Waals surface area contributed by atoms with E-state index in [0.717, 1.165) is 4.57 Å². The van der Waals surface area contributed by atoms with Gasteiger partial charge in [0.1, 0.15) is 12.4 Å². The Hall–Kier alpha value is -2.38. The lowest BCUT2D eigenvalue weighted by atomic mass is 10.0. The molecule has 0 aromatic carbocycles. The summed E-state index contributed by atoms with van der Waals surface area (Å²) in [6, 6.07) is -0.645. The van der Waals surface area contributed by atoms with Crippen LogP contribution in [0.2, 0.25) is 0 Å². The van der Waals surface area contributed by atoms with E-state index < -0.39 is 12.1 Å². The van der Waals surface area contributed by atoms with Crippen LogP contribution in [0, 0.1) is 0 Å². The van der Waals surface area contributed by atoms with Gasteiger partial charge in [0, 0.05) is 18.7 Å². The van der Waals surface area contributed by atoms with Crippen molar-refractivity contribution in [2.24, 2.45) is 0 Å². The molecule has 1 aromatic heterocycles. The molecule has 1 saturated heterocycles. The molecule has 0 saturated carbocycles. The normalized spacial score (nSPS) is 19.2. The highest BCUT2D eigenvalue weighted by molar-refractivity contribution is 5.97. The van der Waals surface area contributed by atoms with Gasteiger partial charge in [-0.05, 0) is 6.92 Å². The monoisotopic (exact) mass is 266 g/mol. The Morgan fingerprint density at radius 3 is 2.89 bits per heavy atom. The first kappa shape index (κ1) is 13.1. The lowest BCUT2D eigenvalue weighted by molar-refractivity contribution is -0.137. The highest BCUT2D eigenvalue weighted by atomic mass is 16.4. The van der Waals surface area contributed by atoms with E-state index in [2.05, 4.69) is 15.6 Å². The zero-order valence-electron chi connectivity index (χ0n) is 10.3. The Bertz CT molecular complexity index is 517. The van der Waals surface area contributed by atoms with Gasteiger partial charge in [0.05, 0.1) is 12.1 Å². The lowest BCUT2D eigenvalue weighted by Gasteiger charge is -2.27. The highest BCUT2D eigenvalue weighted by Gasteiger charge is 2.32. The number of β-lactam (4-membered cyclic amide) rings is 1. The number of carbonyl (C=O) groups is 3. The molecule has 2 rings (SSSR count). The zero-order valence-corrected chi connectivity index (χ0v) is 10.3. The van der Waals surface area contributed by atoms with Crippen molar-refractivity contribution in [3.8, 4) is 0 Å². The van der Waals surface area contributed by atoms with E-state index in [4.69, 9.17) is 5.11 Å². The fourth-order valence-electron chi connectivity index (χ4n) is 1.80. The smallest absolute Gasteiger partial charge is 0.416 e. The van der Waals surface area contributed by atoms with Gasteiger partial charge < -0.3 is 15.7 Å². The molecule has 3 N–H and O–H groups in total. The topological polar surface area (TPSA) is 113 Å². The molecule has 1 aliphatic rings. The number of carbonyl (C=O) groups excluding carboxylic acids is 2. The molecule has 102 valence electrons. The molecular weight excluding hydrogens is 252 g/mol. The Labute approximate surface area is 108 Å².